The standard InChI is InChI=1S/C18H21F3N4O/c1-24-9-8-16(23-24)17(26)22-15-6-10-25(11-7-15)12-13-2-4-14(5-3-13)18(19,20)21/h2-5,8-9,15H,6-7,10-12H2,1H3,(H,22,26). The molecule has 8 heteroatoms. The van der Waals surface area contributed by atoms with E-state index < -0.39 is 11.7 Å². The molecule has 1 aliphatic heterocycles. The molecule has 1 N–H and O–H groups in total. The Kier molecular flexibility index (Phi) is 5.31. The van der Waals surface area contributed by atoms with Crippen LogP contribution in [0, 0.1) is 0 Å². The van der Waals surface area contributed by atoms with E-state index in [0.29, 0.717) is 12.2 Å². The van der Waals surface area contributed by atoms with Crippen LogP contribution in [0.4, 0.5) is 13.2 Å². The molecule has 26 heavy (non-hydrogen) atoms. The van der Waals surface area contributed by atoms with Crippen molar-refractivity contribution in [3.8, 4) is 0 Å². The summed E-state index contributed by atoms with van der Waals surface area (Å²) in [6, 6.07) is 7.06. The van der Waals surface area contributed by atoms with E-state index in [1.165, 1.54) is 12.1 Å². The Morgan fingerprint density at radius 3 is 2.38 bits per heavy atom. The second-order valence-electron chi connectivity index (χ2n) is 6.59. The molecule has 140 valence electrons. The highest BCUT2D eigenvalue weighted by Gasteiger charge is 2.30. The zero-order valence-corrected chi connectivity index (χ0v) is 14.5. The highest BCUT2D eigenvalue weighted by molar-refractivity contribution is 5.92. The van der Waals surface area contributed by atoms with Crippen molar-refractivity contribution in [1.82, 2.24) is 20.0 Å². The summed E-state index contributed by atoms with van der Waals surface area (Å²) >= 11 is 0. The van der Waals surface area contributed by atoms with Crippen LogP contribution in [0.1, 0.15) is 34.5 Å². The van der Waals surface area contributed by atoms with Crippen LogP contribution in [-0.2, 0) is 19.8 Å². The smallest absolute Gasteiger partial charge is 0.348 e. The lowest BCUT2D eigenvalue weighted by atomic mass is 10.0. The first-order chi connectivity index (χ1) is 12.3. The molecule has 0 unspecified atom stereocenters. The maximum atomic E-state index is 12.6. The van der Waals surface area contributed by atoms with Gasteiger partial charge in [0.15, 0.2) is 0 Å². The lowest BCUT2D eigenvalue weighted by Gasteiger charge is -2.32. The van der Waals surface area contributed by atoms with Crippen molar-refractivity contribution in [2.45, 2.75) is 31.6 Å². The number of halogens is 3. The Hall–Kier alpha value is -2.35. The third-order valence-electron chi connectivity index (χ3n) is 4.56. The van der Waals surface area contributed by atoms with Crippen LogP contribution in [-0.4, -0.2) is 39.7 Å². The third kappa shape index (κ3) is 4.63. The fourth-order valence-corrected chi connectivity index (χ4v) is 3.09. The minimum Gasteiger partial charge on any atom is -0.348 e. The van der Waals surface area contributed by atoms with Gasteiger partial charge in [0.1, 0.15) is 5.69 Å². The van der Waals surface area contributed by atoms with E-state index in [0.717, 1.165) is 43.6 Å². The van der Waals surface area contributed by atoms with E-state index in [9.17, 15) is 18.0 Å². The molecule has 2 heterocycles. The molecule has 1 fully saturated rings. The number of hydrogen-bond acceptors (Lipinski definition) is 3. The van der Waals surface area contributed by atoms with Crippen LogP contribution in [0.2, 0.25) is 0 Å². The van der Waals surface area contributed by atoms with Crippen LogP contribution in [0.15, 0.2) is 36.5 Å². The molecule has 3 rings (SSSR count). The molecule has 1 aliphatic rings. The molecule has 0 saturated carbocycles. The van der Waals surface area contributed by atoms with Gasteiger partial charge in [-0.2, -0.15) is 18.3 Å². The predicted octanol–water partition coefficient (Wildman–Crippen LogP) is 2.83. The average Bonchev–Trinajstić information content (AvgIpc) is 3.03. The zero-order chi connectivity index (χ0) is 18.7. The number of carbonyl (C=O) groups is 1. The Morgan fingerprint density at radius 1 is 1.19 bits per heavy atom. The summed E-state index contributed by atoms with van der Waals surface area (Å²) in [7, 11) is 1.76. The monoisotopic (exact) mass is 366 g/mol. The third-order valence-corrected chi connectivity index (χ3v) is 4.56. The van der Waals surface area contributed by atoms with Crippen molar-refractivity contribution in [3.05, 3.63) is 53.3 Å². The number of aromatic nitrogens is 2. The van der Waals surface area contributed by atoms with Crippen LogP contribution >= 0.6 is 0 Å². The number of likely N-dealkylation sites (tertiary alicyclic amines) is 1. The number of piperidine rings is 1. The summed E-state index contributed by atoms with van der Waals surface area (Å²) in [6.45, 7) is 2.18. The van der Waals surface area contributed by atoms with E-state index in [-0.39, 0.29) is 11.9 Å². The molecule has 2 aromatic rings. The van der Waals surface area contributed by atoms with Gasteiger partial charge in [0.05, 0.1) is 5.56 Å². The van der Waals surface area contributed by atoms with Gasteiger partial charge in [-0.25, -0.2) is 0 Å². The summed E-state index contributed by atoms with van der Waals surface area (Å²) in [5.74, 6) is -0.174. The Morgan fingerprint density at radius 2 is 1.85 bits per heavy atom. The number of aryl methyl sites for hydroxylation is 1. The number of nitrogens with zero attached hydrogens (tertiary/aromatic N) is 3. The molecule has 1 aromatic carbocycles. The number of carbonyl (C=O) groups excluding carboxylic acids is 1. The minimum absolute atomic E-state index is 0.0911. The quantitative estimate of drug-likeness (QED) is 0.905. The number of benzene rings is 1. The molecule has 5 nitrogen and oxygen atoms in total. The van der Waals surface area contributed by atoms with Crippen molar-refractivity contribution in [1.29, 1.82) is 0 Å². The van der Waals surface area contributed by atoms with E-state index >= 15 is 0 Å². The minimum atomic E-state index is -4.30. The lowest BCUT2D eigenvalue weighted by Crippen LogP contribution is -2.44. The van der Waals surface area contributed by atoms with E-state index in [1.807, 2.05) is 0 Å². The summed E-state index contributed by atoms with van der Waals surface area (Å²) in [5.41, 5.74) is 0.630. The molecule has 1 saturated heterocycles. The van der Waals surface area contributed by atoms with E-state index in [4.69, 9.17) is 0 Å². The van der Waals surface area contributed by atoms with Crippen molar-refractivity contribution >= 4 is 5.91 Å². The van der Waals surface area contributed by atoms with Crippen LogP contribution < -0.4 is 5.32 Å². The Labute approximate surface area is 149 Å². The predicted molar refractivity (Wildman–Crippen MR) is 90.4 cm³/mol. The summed E-state index contributed by atoms with van der Waals surface area (Å²) < 4.78 is 39.4. The first kappa shape index (κ1) is 18.4. The normalized spacial score (nSPS) is 16.6. The highest BCUT2D eigenvalue weighted by atomic mass is 19.4. The summed E-state index contributed by atoms with van der Waals surface area (Å²) in [6.07, 6.45) is -0.970. The van der Waals surface area contributed by atoms with Gasteiger partial charge in [0, 0.05) is 38.9 Å². The maximum Gasteiger partial charge on any atom is 0.416 e. The van der Waals surface area contributed by atoms with Gasteiger partial charge < -0.3 is 5.32 Å². The van der Waals surface area contributed by atoms with E-state index in [2.05, 4.69) is 15.3 Å². The molecule has 0 aliphatic carbocycles. The number of hydrogen-bond donors (Lipinski definition) is 1. The van der Waals surface area contributed by atoms with Crippen LogP contribution in [0.25, 0.3) is 0 Å². The van der Waals surface area contributed by atoms with Gasteiger partial charge in [-0.1, -0.05) is 12.1 Å². The molecule has 1 amide bonds. The molecular formula is C18H21F3N4O. The molecule has 0 atom stereocenters. The second-order valence-corrected chi connectivity index (χ2v) is 6.59. The van der Waals surface area contributed by atoms with Crippen molar-refractivity contribution in [2.75, 3.05) is 13.1 Å². The number of amides is 1. The highest BCUT2D eigenvalue weighted by Crippen LogP contribution is 2.29. The topological polar surface area (TPSA) is 50.2 Å². The average molecular weight is 366 g/mol. The van der Waals surface area contributed by atoms with Crippen molar-refractivity contribution < 1.29 is 18.0 Å². The number of alkyl halides is 3. The van der Waals surface area contributed by atoms with E-state index in [1.54, 1.807) is 24.0 Å². The van der Waals surface area contributed by atoms with Gasteiger partial charge in [-0.05, 0) is 36.6 Å². The molecular weight excluding hydrogens is 345 g/mol. The largest absolute Gasteiger partial charge is 0.416 e. The fraction of sp³-hybridized carbons (Fsp3) is 0.444. The van der Waals surface area contributed by atoms with Crippen molar-refractivity contribution in [2.24, 2.45) is 7.05 Å². The maximum absolute atomic E-state index is 12.6. The van der Waals surface area contributed by atoms with Gasteiger partial charge in [0.2, 0.25) is 0 Å². The molecule has 1 aromatic heterocycles. The zero-order valence-electron chi connectivity index (χ0n) is 14.5. The summed E-state index contributed by atoms with van der Waals surface area (Å²) in [5, 5.41) is 7.08. The SMILES string of the molecule is Cn1ccc(C(=O)NC2CCN(Cc3ccc(C(F)(F)F)cc3)CC2)n1. The van der Waals surface area contributed by atoms with Gasteiger partial charge in [0.25, 0.3) is 5.91 Å². The Bertz CT molecular complexity index is 747. The molecule has 0 spiro atoms. The molecule has 0 bridgehead atoms. The molecule has 0 radical (unpaired) electrons. The first-order valence-corrected chi connectivity index (χ1v) is 8.50. The van der Waals surface area contributed by atoms with Crippen molar-refractivity contribution in [3.63, 3.8) is 0 Å². The van der Waals surface area contributed by atoms with Crippen LogP contribution in [0.3, 0.4) is 0 Å². The van der Waals surface area contributed by atoms with Gasteiger partial charge >= 0.3 is 6.18 Å². The van der Waals surface area contributed by atoms with Crippen LogP contribution in [0.5, 0.6) is 0 Å². The first-order valence-electron chi connectivity index (χ1n) is 8.50. The lowest BCUT2D eigenvalue weighted by molar-refractivity contribution is -0.137. The van der Waals surface area contributed by atoms with Gasteiger partial charge in [-0.3, -0.25) is 14.4 Å². The number of rotatable bonds is 4. The summed E-state index contributed by atoms with van der Waals surface area (Å²) in [4.78, 5) is 14.3. The fourth-order valence-electron chi connectivity index (χ4n) is 3.09. The second kappa shape index (κ2) is 7.49. The Balaban J connectivity index is 1.47. The number of nitrogens with one attached hydrogen (secondary N) is 1. The van der Waals surface area contributed by atoms with Gasteiger partial charge in [-0.15, -0.1) is 0 Å².